The molecule has 4 heteroatoms. The number of hydrogen-bond acceptors (Lipinski definition) is 4. The lowest BCUT2D eigenvalue weighted by molar-refractivity contribution is 0.158. The van der Waals surface area contributed by atoms with Gasteiger partial charge in [0, 0.05) is 25.1 Å². The minimum Gasteiger partial charge on any atom is -0.384 e. The Morgan fingerprint density at radius 2 is 2.29 bits per heavy atom. The maximum atomic E-state index is 5.57. The molecule has 0 bridgehead atoms. The summed E-state index contributed by atoms with van der Waals surface area (Å²) < 4.78 is 5.10. The minimum atomic E-state index is -0.109. The zero-order chi connectivity index (χ0) is 10.6. The van der Waals surface area contributed by atoms with E-state index in [1.54, 1.807) is 19.4 Å². The van der Waals surface area contributed by atoms with Crippen LogP contribution in [0.25, 0.3) is 0 Å². The molecule has 3 N–H and O–H groups in total. The monoisotopic (exact) mass is 195 g/mol. The quantitative estimate of drug-likeness (QED) is 0.764. The first-order chi connectivity index (χ1) is 6.53. The number of rotatable bonds is 4. The largest absolute Gasteiger partial charge is 0.384 e. The molecule has 1 rings (SSSR count). The highest BCUT2D eigenvalue weighted by Crippen LogP contribution is 2.16. The smallest absolute Gasteiger partial charge is 0.125 e. The lowest BCUT2D eigenvalue weighted by Gasteiger charge is -2.26. The van der Waals surface area contributed by atoms with Crippen LogP contribution in [-0.4, -0.2) is 24.2 Å². The first kappa shape index (κ1) is 10.8. The average Bonchev–Trinajstić information content (AvgIpc) is 2.02. The van der Waals surface area contributed by atoms with E-state index in [1.165, 1.54) is 0 Å². The number of nitrogens with zero attached hydrogens (tertiary/aromatic N) is 1. The summed E-state index contributed by atoms with van der Waals surface area (Å²) in [4.78, 5) is 3.92. The van der Waals surface area contributed by atoms with Gasteiger partial charge in [-0.2, -0.15) is 0 Å². The van der Waals surface area contributed by atoms with Gasteiger partial charge < -0.3 is 15.8 Å². The number of pyridine rings is 1. The highest BCUT2D eigenvalue weighted by atomic mass is 16.5. The van der Waals surface area contributed by atoms with E-state index in [9.17, 15) is 0 Å². The van der Waals surface area contributed by atoms with E-state index in [4.69, 9.17) is 10.5 Å². The van der Waals surface area contributed by atoms with Crippen molar-refractivity contribution in [2.24, 2.45) is 0 Å². The summed E-state index contributed by atoms with van der Waals surface area (Å²) in [5.74, 6) is 0.517. The van der Waals surface area contributed by atoms with E-state index >= 15 is 0 Å². The molecule has 14 heavy (non-hydrogen) atoms. The van der Waals surface area contributed by atoms with Gasteiger partial charge in [-0.25, -0.2) is 4.98 Å². The van der Waals surface area contributed by atoms with Crippen LogP contribution >= 0.6 is 0 Å². The molecule has 1 aromatic rings. The Balaban J connectivity index is 2.68. The summed E-state index contributed by atoms with van der Waals surface area (Å²) in [7, 11) is 1.68. The van der Waals surface area contributed by atoms with Crippen LogP contribution in [0.5, 0.6) is 0 Å². The molecule has 0 atom stereocenters. The van der Waals surface area contributed by atoms with E-state index < -0.39 is 0 Å². The Morgan fingerprint density at radius 3 is 2.86 bits per heavy atom. The van der Waals surface area contributed by atoms with Crippen molar-refractivity contribution in [1.29, 1.82) is 0 Å². The molecule has 1 heterocycles. The third kappa shape index (κ3) is 3.22. The lowest BCUT2D eigenvalue weighted by atomic mass is 10.1. The molecular weight excluding hydrogens is 178 g/mol. The van der Waals surface area contributed by atoms with Crippen molar-refractivity contribution in [2.75, 3.05) is 24.8 Å². The van der Waals surface area contributed by atoms with Gasteiger partial charge in [0.15, 0.2) is 0 Å². The topological polar surface area (TPSA) is 60.2 Å². The molecule has 0 saturated heterocycles. The number of anilines is 2. The number of nitrogens with one attached hydrogen (secondary N) is 1. The van der Waals surface area contributed by atoms with Crippen molar-refractivity contribution in [2.45, 2.75) is 19.4 Å². The normalized spacial score (nSPS) is 11.4. The van der Waals surface area contributed by atoms with Gasteiger partial charge in [-0.05, 0) is 19.9 Å². The number of ether oxygens (including phenoxy) is 1. The van der Waals surface area contributed by atoms with E-state index in [0.717, 1.165) is 5.69 Å². The van der Waals surface area contributed by atoms with Crippen LogP contribution in [-0.2, 0) is 4.74 Å². The number of nitrogens with two attached hydrogens (primary N) is 1. The van der Waals surface area contributed by atoms with Crippen molar-refractivity contribution in [1.82, 2.24) is 4.98 Å². The van der Waals surface area contributed by atoms with Gasteiger partial charge in [-0.3, -0.25) is 0 Å². The van der Waals surface area contributed by atoms with Gasteiger partial charge >= 0.3 is 0 Å². The van der Waals surface area contributed by atoms with Crippen molar-refractivity contribution in [3.05, 3.63) is 18.3 Å². The number of methoxy groups -OCH3 is 1. The Kier molecular flexibility index (Phi) is 3.30. The highest BCUT2D eigenvalue weighted by molar-refractivity contribution is 5.51. The van der Waals surface area contributed by atoms with Crippen LogP contribution in [0.3, 0.4) is 0 Å². The third-order valence-electron chi connectivity index (χ3n) is 1.77. The summed E-state index contributed by atoms with van der Waals surface area (Å²) in [6, 6.07) is 3.69. The lowest BCUT2D eigenvalue weighted by Crippen LogP contribution is -2.35. The van der Waals surface area contributed by atoms with Gasteiger partial charge in [0.2, 0.25) is 0 Å². The minimum absolute atomic E-state index is 0.109. The molecule has 0 unspecified atom stereocenters. The van der Waals surface area contributed by atoms with Gasteiger partial charge in [0.05, 0.1) is 12.1 Å². The molecule has 78 valence electrons. The number of hydrogen-bond donors (Lipinski definition) is 2. The summed E-state index contributed by atoms with van der Waals surface area (Å²) >= 11 is 0. The molecule has 1 aromatic heterocycles. The Bertz CT molecular complexity index is 299. The second-order valence-corrected chi connectivity index (χ2v) is 3.91. The first-order valence-electron chi connectivity index (χ1n) is 4.52. The number of aromatic nitrogens is 1. The molecule has 0 aliphatic carbocycles. The summed E-state index contributed by atoms with van der Waals surface area (Å²) in [6.07, 6.45) is 1.68. The van der Waals surface area contributed by atoms with Crippen LogP contribution < -0.4 is 11.1 Å². The predicted molar refractivity (Wildman–Crippen MR) is 58.2 cm³/mol. The molecule has 0 spiro atoms. The fourth-order valence-corrected chi connectivity index (χ4v) is 1.31. The molecule has 0 fully saturated rings. The van der Waals surface area contributed by atoms with Crippen LogP contribution in [0.4, 0.5) is 11.5 Å². The zero-order valence-electron chi connectivity index (χ0n) is 8.87. The van der Waals surface area contributed by atoms with Crippen molar-refractivity contribution >= 4 is 11.5 Å². The summed E-state index contributed by atoms with van der Waals surface area (Å²) in [5.41, 5.74) is 6.42. The Morgan fingerprint density at radius 1 is 1.57 bits per heavy atom. The van der Waals surface area contributed by atoms with Gasteiger partial charge in [0.1, 0.15) is 5.82 Å². The van der Waals surface area contributed by atoms with Crippen molar-refractivity contribution in [3.8, 4) is 0 Å². The van der Waals surface area contributed by atoms with Crippen LogP contribution in [0.15, 0.2) is 18.3 Å². The van der Waals surface area contributed by atoms with E-state index in [1.807, 2.05) is 6.07 Å². The van der Waals surface area contributed by atoms with E-state index in [-0.39, 0.29) is 5.54 Å². The van der Waals surface area contributed by atoms with E-state index in [0.29, 0.717) is 12.4 Å². The fourth-order valence-electron chi connectivity index (χ4n) is 1.31. The molecule has 4 nitrogen and oxygen atoms in total. The van der Waals surface area contributed by atoms with Crippen LogP contribution in [0, 0.1) is 0 Å². The zero-order valence-corrected chi connectivity index (χ0v) is 8.87. The molecular formula is C10H17N3O. The summed E-state index contributed by atoms with van der Waals surface area (Å²) in [5, 5.41) is 3.32. The number of nitrogen functional groups attached to an aromatic ring is 1. The SMILES string of the molecule is COCC(C)(C)Nc1ccnc(N)c1. The second-order valence-electron chi connectivity index (χ2n) is 3.91. The molecule has 0 aliphatic heterocycles. The maximum Gasteiger partial charge on any atom is 0.125 e. The molecule has 0 saturated carbocycles. The Hall–Kier alpha value is -1.29. The molecule has 0 radical (unpaired) electrons. The summed E-state index contributed by atoms with van der Waals surface area (Å²) in [6.45, 7) is 4.76. The third-order valence-corrected chi connectivity index (χ3v) is 1.77. The van der Waals surface area contributed by atoms with Gasteiger partial charge in [0.25, 0.3) is 0 Å². The fraction of sp³-hybridized carbons (Fsp3) is 0.500. The van der Waals surface area contributed by atoms with Gasteiger partial charge in [-0.15, -0.1) is 0 Å². The molecule has 0 aromatic carbocycles. The molecule has 0 amide bonds. The average molecular weight is 195 g/mol. The van der Waals surface area contributed by atoms with E-state index in [2.05, 4.69) is 24.1 Å². The maximum absolute atomic E-state index is 5.57. The van der Waals surface area contributed by atoms with Crippen LogP contribution in [0.1, 0.15) is 13.8 Å². The highest BCUT2D eigenvalue weighted by Gasteiger charge is 2.16. The molecule has 0 aliphatic rings. The first-order valence-corrected chi connectivity index (χ1v) is 4.52. The Labute approximate surface area is 84.5 Å². The van der Waals surface area contributed by atoms with Crippen molar-refractivity contribution in [3.63, 3.8) is 0 Å². The van der Waals surface area contributed by atoms with Crippen molar-refractivity contribution < 1.29 is 4.74 Å². The van der Waals surface area contributed by atoms with Gasteiger partial charge in [-0.1, -0.05) is 0 Å². The standard InChI is InChI=1S/C10H17N3O/c1-10(2,7-14-3)13-8-4-5-12-9(11)6-8/h4-6H,7H2,1-3H3,(H3,11,12,13). The predicted octanol–water partition coefficient (Wildman–Crippen LogP) is 1.50. The second kappa shape index (κ2) is 4.28. The van der Waals surface area contributed by atoms with Crippen LogP contribution in [0.2, 0.25) is 0 Å².